The summed E-state index contributed by atoms with van der Waals surface area (Å²) < 4.78 is 1.87. The van der Waals surface area contributed by atoms with Crippen molar-refractivity contribution < 1.29 is 14.7 Å². The molecule has 7 nitrogen and oxygen atoms in total. The third-order valence-electron chi connectivity index (χ3n) is 3.78. The topological polar surface area (TPSA) is 96.3 Å². The van der Waals surface area contributed by atoms with Crippen molar-refractivity contribution in [3.8, 4) is 0 Å². The lowest BCUT2D eigenvalue weighted by Gasteiger charge is -2.40. The zero-order chi connectivity index (χ0) is 14.4. The molecule has 1 heterocycles. The van der Waals surface area contributed by atoms with E-state index < -0.39 is 5.97 Å². The summed E-state index contributed by atoms with van der Waals surface area (Å²) in [6.45, 7) is 1.60. The third-order valence-corrected chi connectivity index (χ3v) is 3.78. The maximum atomic E-state index is 11.6. The molecule has 0 bridgehead atoms. The molecule has 1 aliphatic carbocycles. The van der Waals surface area contributed by atoms with Crippen molar-refractivity contribution in [3.63, 3.8) is 0 Å². The monoisotopic (exact) mass is 280 g/mol. The van der Waals surface area contributed by atoms with Crippen LogP contribution in [0.25, 0.3) is 0 Å². The Morgan fingerprint density at radius 3 is 2.70 bits per heavy atom. The van der Waals surface area contributed by atoms with Crippen molar-refractivity contribution in [2.24, 2.45) is 5.41 Å². The zero-order valence-corrected chi connectivity index (χ0v) is 11.3. The summed E-state index contributed by atoms with van der Waals surface area (Å²) in [5.74, 6) is -0.799. The number of nitrogens with zero attached hydrogens (tertiary/aromatic N) is 2. The predicted molar refractivity (Wildman–Crippen MR) is 72.2 cm³/mol. The number of aromatic nitrogens is 2. The normalized spacial score (nSPS) is 16.2. The van der Waals surface area contributed by atoms with E-state index in [9.17, 15) is 9.59 Å². The molecule has 0 aliphatic heterocycles. The van der Waals surface area contributed by atoms with E-state index in [1.165, 1.54) is 0 Å². The molecule has 2 rings (SSSR count). The molecule has 0 radical (unpaired) electrons. The smallest absolute Gasteiger partial charge is 0.314 e. The van der Waals surface area contributed by atoms with Crippen LogP contribution in [0.5, 0.6) is 0 Å². The largest absolute Gasteiger partial charge is 0.481 e. The Morgan fingerprint density at radius 2 is 2.15 bits per heavy atom. The molecule has 1 aliphatic rings. The van der Waals surface area contributed by atoms with Gasteiger partial charge in [0, 0.05) is 32.0 Å². The summed E-state index contributed by atoms with van der Waals surface area (Å²) in [5, 5.41) is 14.4. The molecule has 0 unspecified atom stereocenters. The highest BCUT2D eigenvalue weighted by molar-refractivity contribution is 5.74. The minimum Gasteiger partial charge on any atom is -0.481 e. The molecule has 0 atom stereocenters. The molecule has 20 heavy (non-hydrogen) atoms. The number of imidazole rings is 1. The molecule has 0 spiro atoms. The Kier molecular flexibility index (Phi) is 4.60. The minimum atomic E-state index is -0.799. The van der Waals surface area contributed by atoms with Crippen LogP contribution in [0.15, 0.2) is 18.7 Å². The Labute approximate surface area is 117 Å². The Bertz CT molecular complexity index is 454. The van der Waals surface area contributed by atoms with E-state index in [1.807, 2.05) is 10.8 Å². The van der Waals surface area contributed by atoms with E-state index in [0.29, 0.717) is 19.6 Å². The van der Waals surface area contributed by atoms with Crippen LogP contribution in [0, 0.1) is 5.41 Å². The van der Waals surface area contributed by atoms with Gasteiger partial charge >= 0.3 is 12.0 Å². The minimum absolute atomic E-state index is 0.127. The first kappa shape index (κ1) is 14.4. The first-order valence-electron chi connectivity index (χ1n) is 6.79. The first-order chi connectivity index (χ1) is 9.60. The lowest BCUT2D eigenvalue weighted by molar-refractivity contribution is -0.141. The summed E-state index contributed by atoms with van der Waals surface area (Å²) in [6.07, 6.45) is 8.11. The number of carboxylic acid groups (broad SMARTS) is 1. The number of rotatable bonds is 7. The van der Waals surface area contributed by atoms with Crippen molar-refractivity contribution >= 4 is 12.0 Å². The van der Waals surface area contributed by atoms with Crippen LogP contribution >= 0.6 is 0 Å². The fourth-order valence-electron chi connectivity index (χ4n) is 2.46. The van der Waals surface area contributed by atoms with Crippen LogP contribution in [0.4, 0.5) is 4.79 Å². The molecule has 1 aromatic rings. The fraction of sp³-hybridized carbons (Fsp3) is 0.615. The third kappa shape index (κ3) is 3.97. The van der Waals surface area contributed by atoms with Crippen molar-refractivity contribution in [2.75, 3.05) is 13.1 Å². The van der Waals surface area contributed by atoms with Gasteiger partial charge in [0.25, 0.3) is 0 Å². The summed E-state index contributed by atoms with van der Waals surface area (Å²) >= 11 is 0. The van der Waals surface area contributed by atoms with E-state index in [2.05, 4.69) is 15.6 Å². The summed E-state index contributed by atoms with van der Waals surface area (Å²) in [7, 11) is 0. The fourth-order valence-corrected chi connectivity index (χ4v) is 2.46. The van der Waals surface area contributed by atoms with Crippen LogP contribution in [0.1, 0.15) is 25.7 Å². The predicted octanol–water partition coefficient (Wildman–Crippen LogP) is 0.827. The maximum absolute atomic E-state index is 11.6. The van der Waals surface area contributed by atoms with Crippen molar-refractivity contribution in [3.05, 3.63) is 18.7 Å². The number of urea groups is 1. The number of carbonyl (C=O) groups excluding carboxylic acids is 1. The second kappa shape index (κ2) is 6.40. The Morgan fingerprint density at radius 1 is 1.35 bits per heavy atom. The van der Waals surface area contributed by atoms with Crippen LogP contribution < -0.4 is 10.6 Å². The number of nitrogens with one attached hydrogen (secondary N) is 2. The SMILES string of the molecule is O=C(O)CC1(CNC(=O)NCCn2ccnc2)CCC1. The number of amides is 2. The summed E-state index contributed by atoms with van der Waals surface area (Å²) in [6, 6.07) is -0.248. The van der Waals surface area contributed by atoms with E-state index in [0.717, 1.165) is 19.3 Å². The standard InChI is InChI=1S/C13H20N4O3/c18-11(19)8-13(2-1-3-13)9-16-12(20)15-5-7-17-6-4-14-10-17/h4,6,10H,1-3,5,7-9H2,(H,18,19)(H2,15,16,20). The van der Waals surface area contributed by atoms with Gasteiger partial charge in [-0.1, -0.05) is 6.42 Å². The molecule has 7 heteroatoms. The van der Waals surface area contributed by atoms with Crippen LogP contribution in [-0.2, 0) is 11.3 Å². The molecule has 110 valence electrons. The molecule has 3 N–H and O–H groups in total. The second-order valence-electron chi connectivity index (χ2n) is 5.33. The quantitative estimate of drug-likeness (QED) is 0.689. The maximum Gasteiger partial charge on any atom is 0.314 e. The van der Waals surface area contributed by atoms with Gasteiger partial charge in [0.2, 0.25) is 0 Å². The van der Waals surface area contributed by atoms with E-state index >= 15 is 0 Å². The van der Waals surface area contributed by atoms with Crippen molar-refractivity contribution in [2.45, 2.75) is 32.2 Å². The van der Waals surface area contributed by atoms with Gasteiger partial charge in [0.15, 0.2) is 0 Å². The van der Waals surface area contributed by atoms with Gasteiger partial charge in [0.05, 0.1) is 12.7 Å². The molecular formula is C13H20N4O3. The average molecular weight is 280 g/mol. The summed E-state index contributed by atoms with van der Waals surface area (Å²) in [4.78, 5) is 26.4. The lowest BCUT2D eigenvalue weighted by Crippen LogP contribution is -2.47. The van der Waals surface area contributed by atoms with Crippen molar-refractivity contribution in [1.29, 1.82) is 0 Å². The van der Waals surface area contributed by atoms with E-state index in [4.69, 9.17) is 5.11 Å². The Hall–Kier alpha value is -2.05. The highest BCUT2D eigenvalue weighted by atomic mass is 16.4. The average Bonchev–Trinajstić information content (AvgIpc) is 2.85. The van der Waals surface area contributed by atoms with Gasteiger partial charge in [-0.15, -0.1) is 0 Å². The number of carbonyl (C=O) groups is 2. The van der Waals surface area contributed by atoms with Crippen LogP contribution in [-0.4, -0.2) is 39.7 Å². The van der Waals surface area contributed by atoms with Gasteiger partial charge in [-0.25, -0.2) is 9.78 Å². The highest BCUT2D eigenvalue weighted by Crippen LogP contribution is 2.43. The second-order valence-corrected chi connectivity index (χ2v) is 5.33. The highest BCUT2D eigenvalue weighted by Gasteiger charge is 2.39. The van der Waals surface area contributed by atoms with E-state index in [-0.39, 0.29) is 17.9 Å². The molecule has 0 aromatic carbocycles. The summed E-state index contributed by atoms with van der Waals surface area (Å²) in [5.41, 5.74) is -0.243. The molecule has 0 saturated heterocycles. The number of hydrogen-bond acceptors (Lipinski definition) is 3. The molecule has 1 saturated carbocycles. The molecule has 1 aromatic heterocycles. The van der Waals surface area contributed by atoms with Crippen LogP contribution in [0.3, 0.4) is 0 Å². The number of hydrogen-bond donors (Lipinski definition) is 3. The van der Waals surface area contributed by atoms with Crippen LogP contribution in [0.2, 0.25) is 0 Å². The number of carboxylic acids is 1. The van der Waals surface area contributed by atoms with Gasteiger partial charge in [-0.05, 0) is 18.3 Å². The van der Waals surface area contributed by atoms with Crippen molar-refractivity contribution in [1.82, 2.24) is 20.2 Å². The van der Waals surface area contributed by atoms with Gasteiger partial charge < -0.3 is 20.3 Å². The first-order valence-corrected chi connectivity index (χ1v) is 6.79. The lowest BCUT2D eigenvalue weighted by atomic mass is 9.66. The van der Waals surface area contributed by atoms with Gasteiger partial charge in [-0.2, -0.15) is 0 Å². The van der Waals surface area contributed by atoms with Gasteiger partial charge in [0.1, 0.15) is 0 Å². The van der Waals surface area contributed by atoms with E-state index in [1.54, 1.807) is 12.5 Å². The van der Waals surface area contributed by atoms with Gasteiger partial charge in [-0.3, -0.25) is 4.79 Å². The molecular weight excluding hydrogens is 260 g/mol. The molecule has 1 fully saturated rings. The molecule has 2 amide bonds. The Balaban J connectivity index is 1.65. The number of aliphatic carboxylic acids is 1. The zero-order valence-electron chi connectivity index (χ0n) is 11.3.